The van der Waals surface area contributed by atoms with Crippen molar-refractivity contribution in [3.8, 4) is 0 Å². The zero-order chi connectivity index (χ0) is 24.2. The number of hydrogen-bond acceptors (Lipinski definition) is 9. The summed E-state index contributed by atoms with van der Waals surface area (Å²) in [5.74, 6) is -1.20. The summed E-state index contributed by atoms with van der Waals surface area (Å²) >= 11 is 0. The topological polar surface area (TPSA) is 147 Å². The van der Waals surface area contributed by atoms with Crippen LogP contribution in [0.2, 0.25) is 0 Å². The van der Waals surface area contributed by atoms with Crippen molar-refractivity contribution in [2.75, 3.05) is 65.2 Å². The van der Waals surface area contributed by atoms with Gasteiger partial charge in [-0.15, -0.1) is 0 Å². The van der Waals surface area contributed by atoms with E-state index in [4.69, 9.17) is 28.2 Å². The van der Waals surface area contributed by atoms with E-state index in [1.807, 2.05) is 30.3 Å². The number of carbonyl (C=O) groups is 2. The van der Waals surface area contributed by atoms with Gasteiger partial charge in [-0.3, -0.25) is 14.1 Å². The van der Waals surface area contributed by atoms with Crippen LogP contribution in [-0.2, 0) is 50.0 Å². The van der Waals surface area contributed by atoms with Gasteiger partial charge in [-0.1, -0.05) is 30.3 Å². The number of ether oxygens (including phenoxy) is 5. The fraction of sp³-hybridized carbons (Fsp3) is 0.619. The second-order valence-corrected chi connectivity index (χ2v) is 8.30. The third-order valence-corrected chi connectivity index (χ3v) is 4.68. The molecule has 0 aromatic heterocycles. The Labute approximate surface area is 222 Å². The van der Waals surface area contributed by atoms with E-state index in [9.17, 15) is 18.0 Å². The number of hydrogen-bond donors (Lipinski definition) is 2. The van der Waals surface area contributed by atoms with Gasteiger partial charge in [0.1, 0.15) is 6.61 Å². The quantitative estimate of drug-likeness (QED) is 0.105. The first kappa shape index (κ1) is 32.9. The number of amides is 1. The molecule has 0 spiro atoms. The maximum atomic E-state index is 11.6. The van der Waals surface area contributed by atoms with E-state index < -0.39 is 15.9 Å². The summed E-state index contributed by atoms with van der Waals surface area (Å²) in [6.45, 7) is 2.71. The van der Waals surface area contributed by atoms with Gasteiger partial charge in [0.15, 0.2) is 0 Å². The summed E-state index contributed by atoms with van der Waals surface area (Å²) < 4.78 is 55.9. The van der Waals surface area contributed by atoms with Crippen LogP contribution < -0.4 is 5.32 Å². The van der Waals surface area contributed by atoms with Gasteiger partial charge in [0, 0.05) is 13.0 Å². The molecule has 0 atom stereocenters. The van der Waals surface area contributed by atoms with E-state index in [1.54, 1.807) is 0 Å². The van der Waals surface area contributed by atoms with Gasteiger partial charge >= 0.3 is 35.5 Å². The van der Waals surface area contributed by atoms with Crippen molar-refractivity contribution < 1.29 is 46.2 Å². The van der Waals surface area contributed by atoms with Crippen LogP contribution in [0.4, 0.5) is 0 Å². The molecule has 0 aliphatic rings. The molecule has 2 N–H and O–H groups in total. The molecule has 0 radical (unpaired) electrons. The summed E-state index contributed by atoms with van der Waals surface area (Å²) in [6.07, 6.45) is 0.265. The predicted octanol–water partition coefficient (Wildman–Crippen LogP) is -0.0681. The fourth-order valence-electron chi connectivity index (χ4n) is 2.30. The number of esters is 1. The van der Waals surface area contributed by atoms with Crippen LogP contribution in [0.15, 0.2) is 30.3 Å². The van der Waals surface area contributed by atoms with Crippen molar-refractivity contribution in [3.05, 3.63) is 35.9 Å². The molecule has 0 heterocycles. The van der Waals surface area contributed by atoms with E-state index in [-0.39, 0.29) is 80.6 Å². The average Bonchev–Trinajstić information content (AvgIpc) is 2.77. The number of rotatable bonds is 20. The Morgan fingerprint density at radius 1 is 0.794 bits per heavy atom. The molecule has 1 aromatic carbocycles. The van der Waals surface area contributed by atoms with Gasteiger partial charge in [-0.2, -0.15) is 8.42 Å². The maximum absolute atomic E-state index is 11.6. The Bertz CT molecular complexity index is 764. The second kappa shape index (κ2) is 21.2. The summed E-state index contributed by atoms with van der Waals surface area (Å²) in [5, 5.41) is 2.36. The van der Waals surface area contributed by atoms with Gasteiger partial charge in [-0.25, -0.2) is 0 Å². The van der Waals surface area contributed by atoms with E-state index >= 15 is 0 Å². The van der Waals surface area contributed by atoms with Gasteiger partial charge in [-0.05, 0) is 5.56 Å². The molecule has 0 bridgehead atoms. The Balaban J connectivity index is 0.0000109. The van der Waals surface area contributed by atoms with Crippen LogP contribution in [0.25, 0.3) is 0 Å². The number of nitrogens with one attached hydrogen (secondary N) is 1. The van der Waals surface area contributed by atoms with E-state index in [0.717, 1.165) is 5.56 Å². The van der Waals surface area contributed by atoms with Gasteiger partial charge < -0.3 is 29.0 Å². The monoisotopic (exact) mass is 515 g/mol. The first-order chi connectivity index (χ1) is 15.9. The Kier molecular flexibility index (Phi) is 20.5. The molecule has 190 valence electrons. The Hall–Kier alpha value is -1.09. The van der Waals surface area contributed by atoms with Crippen LogP contribution in [0.3, 0.4) is 0 Å². The first-order valence-corrected chi connectivity index (χ1v) is 12.2. The van der Waals surface area contributed by atoms with Crippen LogP contribution in [0, 0.1) is 0 Å². The van der Waals surface area contributed by atoms with E-state index in [0.29, 0.717) is 39.6 Å². The number of carbonyl (C=O) groups excluding carboxylic acids is 2. The molecule has 0 aliphatic heterocycles. The van der Waals surface area contributed by atoms with Crippen LogP contribution in [0.1, 0.15) is 18.4 Å². The molecule has 1 rings (SSSR count). The molecule has 0 saturated heterocycles. The molecule has 13 heteroatoms. The number of benzene rings is 1. The molecule has 0 saturated carbocycles. The summed E-state index contributed by atoms with van der Waals surface area (Å²) in [6, 6.07) is 9.45. The molecule has 1 aromatic rings. The van der Waals surface area contributed by atoms with Crippen molar-refractivity contribution in [2.45, 2.75) is 19.4 Å². The third kappa shape index (κ3) is 21.4. The standard InChI is InChI=1S/C21H33NO10S.Na.H/c23-20(22-8-17-33(25,26)27)6-9-28-11-13-30-15-16-31-14-12-29-10-7-21(24)32-18-19-4-2-1-3-5-19;;/h1-5H,6-18H2,(H,22,23)(H,25,26,27);;. The van der Waals surface area contributed by atoms with Crippen molar-refractivity contribution in [1.29, 1.82) is 0 Å². The van der Waals surface area contributed by atoms with Crippen LogP contribution >= 0.6 is 0 Å². The molecule has 0 unspecified atom stereocenters. The molecular formula is C21H34NNaO10S. The summed E-state index contributed by atoms with van der Waals surface area (Å²) in [5.41, 5.74) is 0.938. The SMILES string of the molecule is O=C(CCOCCOCCOCCOCCC(=O)OCc1ccccc1)NCCS(=O)(=O)O.[NaH]. The molecule has 0 aliphatic carbocycles. The van der Waals surface area contributed by atoms with Gasteiger partial charge in [0.2, 0.25) is 5.91 Å². The summed E-state index contributed by atoms with van der Waals surface area (Å²) in [4.78, 5) is 23.0. The van der Waals surface area contributed by atoms with Crippen molar-refractivity contribution >= 4 is 51.6 Å². The molecule has 0 fully saturated rings. The van der Waals surface area contributed by atoms with Crippen LogP contribution in [-0.4, -0.2) is 120 Å². The van der Waals surface area contributed by atoms with Crippen molar-refractivity contribution in [3.63, 3.8) is 0 Å². The molecule has 1 amide bonds. The normalized spacial score (nSPS) is 11.0. The van der Waals surface area contributed by atoms with Gasteiger partial charge in [0.25, 0.3) is 10.1 Å². The Morgan fingerprint density at radius 2 is 1.29 bits per heavy atom. The second-order valence-electron chi connectivity index (χ2n) is 6.73. The minimum absolute atomic E-state index is 0. The third-order valence-electron chi connectivity index (χ3n) is 3.96. The van der Waals surface area contributed by atoms with Gasteiger partial charge in [0.05, 0.1) is 65.0 Å². The first-order valence-electron chi connectivity index (χ1n) is 10.6. The summed E-state index contributed by atoms with van der Waals surface area (Å²) in [7, 11) is -4.08. The fourth-order valence-corrected chi connectivity index (χ4v) is 2.66. The van der Waals surface area contributed by atoms with E-state index in [1.165, 1.54) is 0 Å². The zero-order valence-electron chi connectivity index (χ0n) is 18.6. The Morgan fingerprint density at radius 3 is 1.82 bits per heavy atom. The van der Waals surface area contributed by atoms with Crippen LogP contribution in [0.5, 0.6) is 0 Å². The molecule has 34 heavy (non-hydrogen) atoms. The predicted molar refractivity (Wildman–Crippen MR) is 125 cm³/mol. The van der Waals surface area contributed by atoms with E-state index in [2.05, 4.69) is 5.32 Å². The molecule has 11 nitrogen and oxygen atoms in total. The average molecular weight is 516 g/mol. The van der Waals surface area contributed by atoms with Crippen molar-refractivity contribution in [2.24, 2.45) is 0 Å². The minimum atomic E-state index is -4.08. The van der Waals surface area contributed by atoms with Crippen molar-refractivity contribution in [1.82, 2.24) is 5.32 Å². The molecular weight excluding hydrogens is 481 g/mol. The zero-order valence-corrected chi connectivity index (χ0v) is 19.4.